The van der Waals surface area contributed by atoms with Crippen LogP contribution in [-0.4, -0.2) is 24.5 Å². The Labute approximate surface area is 105 Å². The first-order chi connectivity index (χ1) is 7.02. The molecule has 0 aliphatic rings. The average Bonchev–Trinajstić information content (AvgIpc) is 2.16. The number of rotatable bonds is 4. The molecule has 0 saturated carbocycles. The number of halogens is 1. The van der Waals surface area contributed by atoms with Gasteiger partial charge in [0.1, 0.15) is 0 Å². The first kappa shape index (κ1) is 15.4. The standard InChI is InChI=1S/C13H22N2.ClH/c1-10-7-5-6-8-13(10)12(3)15(4)9-11(2)14;/h5-8,11-12H,9,14H2,1-4H3;1H. The van der Waals surface area contributed by atoms with Crippen molar-refractivity contribution in [1.29, 1.82) is 0 Å². The van der Waals surface area contributed by atoms with Gasteiger partial charge >= 0.3 is 0 Å². The maximum atomic E-state index is 5.81. The van der Waals surface area contributed by atoms with Crippen LogP contribution < -0.4 is 5.73 Å². The van der Waals surface area contributed by atoms with E-state index in [1.54, 1.807) is 0 Å². The number of aryl methyl sites for hydroxylation is 1. The van der Waals surface area contributed by atoms with Crippen molar-refractivity contribution in [3.63, 3.8) is 0 Å². The van der Waals surface area contributed by atoms with Crippen LogP contribution in [0.2, 0.25) is 0 Å². The van der Waals surface area contributed by atoms with Gasteiger partial charge < -0.3 is 5.73 Å². The Morgan fingerprint density at radius 3 is 2.31 bits per heavy atom. The molecule has 0 fully saturated rings. The molecule has 0 heterocycles. The van der Waals surface area contributed by atoms with Crippen molar-refractivity contribution in [2.75, 3.05) is 13.6 Å². The first-order valence-corrected chi connectivity index (χ1v) is 5.53. The first-order valence-electron chi connectivity index (χ1n) is 5.53. The van der Waals surface area contributed by atoms with Gasteiger partial charge in [0.05, 0.1) is 0 Å². The third kappa shape index (κ3) is 4.12. The number of nitrogens with two attached hydrogens (primary N) is 1. The van der Waals surface area contributed by atoms with E-state index in [1.807, 2.05) is 6.92 Å². The van der Waals surface area contributed by atoms with Crippen molar-refractivity contribution in [3.8, 4) is 0 Å². The van der Waals surface area contributed by atoms with E-state index in [-0.39, 0.29) is 18.4 Å². The SMILES string of the molecule is Cc1ccccc1C(C)N(C)CC(C)N.Cl. The lowest BCUT2D eigenvalue weighted by Crippen LogP contribution is -2.34. The summed E-state index contributed by atoms with van der Waals surface area (Å²) in [6, 6.07) is 9.18. The Morgan fingerprint density at radius 1 is 1.25 bits per heavy atom. The van der Waals surface area contributed by atoms with Gasteiger partial charge in [-0.2, -0.15) is 0 Å². The second kappa shape index (κ2) is 6.89. The average molecular weight is 243 g/mol. The van der Waals surface area contributed by atoms with Crippen LogP contribution in [0, 0.1) is 6.92 Å². The molecule has 2 nitrogen and oxygen atoms in total. The molecule has 16 heavy (non-hydrogen) atoms. The lowest BCUT2D eigenvalue weighted by atomic mass is 10.0. The van der Waals surface area contributed by atoms with Gasteiger partial charge in [0.25, 0.3) is 0 Å². The van der Waals surface area contributed by atoms with Crippen LogP contribution in [0.5, 0.6) is 0 Å². The van der Waals surface area contributed by atoms with E-state index >= 15 is 0 Å². The maximum Gasteiger partial charge on any atom is 0.0320 e. The summed E-state index contributed by atoms with van der Waals surface area (Å²) in [5.41, 5.74) is 8.54. The molecule has 2 unspecified atom stereocenters. The van der Waals surface area contributed by atoms with Crippen LogP contribution >= 0.6 is 12.4 Å². The third-order valence-corrected chi connectivity index (χ3v) is 2.88. The molecular weight excluding hydrogens is 220 g/mol. The molecule has 0 aliphatic carbocycles. The zero-order valence-corrected chi connectivity index (χ0v) is 11.4. The maximum absolute atomic E-state index is 5.81. The second-order valence-corrected chi connectivity index (χ2v) is 4.45. The molecule has 0 bridgehead atoms. The van der Waals surface area contributed by atoms with Crippen LogP contribution in [-0.2, 0) is 0 Å². The largest absolute Gasteiger partial charge is 0.327 e. The summed E-state index contributed by atoms with van der Waals surface area (Å²) < 4.78 is 0. The summed E-state index contributed by atoms with van der Waals surface area (Å²) in [4.78, 5) is 2.30. The molecule has 2 N–H and O–H groups in total. The zero-order valence-electron chi connectivity index (χ0n) is 10.6. The van der Waals surface area contributed by atoms with E-state index in [0.717, 1.165) is 6.54 Å². The van der Waals surface area contributed by atoms with E-state index in [0.29, 0.717) is 6.04 Å². The molecule has 1 rings (SSSR count). The van der Waals surface area contributed by atoms with Crippen LogP contribution in [0.4, 0.5) is 0 Å². The molecule has 0 aromatic heterocycles. The summed E-state index contributed by atoms with van der Waals surface area (Å²) in [5.74, 6) is 0. The van der Waals surface area contributed by atoms with Gasteiger partial charge in [0.15, 0.2) is 0 Å². The van der Waals surface area contributed by atoms with Gasteiger partial charge in [0.2, 0.25) is 0 Å². The predicted molar refractivity (Wildman–Crippen MR) is 73.1 cm³/mol. The van der Waals surface area contributed by atoms with Gasteiger partial charge in [0, 0.05) is 18.6 Å². The van der Waals surface area contributed by atoms with Crippen molar-refractivity contribution < 1.29 is 0 Å². The summed E-state index contributed by atoms with van der Waals surface area (Å²) in [6.07, 6.45) is 0. The minimum Gasteiger partial charge on any atom is -0.327 e. The highest BCUT2D eigenvalue weighted by molar-refractivity contribution is 5.85. The lowest BCUT2D eigenvalue weighted by Gasteiger charge is -2.27. The topological polar surface area (TPSA) is 29.3 Å². The molecule has 0 spiro atoms. The van der Waals surface area contributed by atoms with Gasteiger partial charge in [-0.25, -0.2) is 0 Å². The normalized spacial score (nSPS) is 14.4. The van der Waals surface area contributed by atoms with E-state index in [9.17, 15) is 0 Å². The second-order valence-electron chi connectivity index (χ2n) is 4.45. The van der Waals surface area contributed by atoms with Crippen LogP contribution in [0.25, 0.3) is 0 Å². The molecule has 0 radical (unpaired) electrons. The number of hydrogen-bond donors (Lipinski definition) is 1. The number of nitrogens with zero attached hydrogens (tertiary/aromatic N) is 1. The molecule has 1 aromatic rings. The summed E-state index contributed by atoms with van der Waals surface area (Å²) in [5, 5.41) is 0. The highest BCUT2D eigenvalue weighted by Crippen LogP contribution is 2.21. The van der Waals surface area contributed by atoms with Crippen molar-refractivity contribution in [2.45, 2.75) is 32.9 Å². The Balaban J connectivity index is 0.00000225. The van der Waals surface area contributed by atoms with Crippen LogP contribution in [0.15, 0.2) is 24.3 Å². The van der Waals surface area contributed by atoms with E-state index in [4.69, 9.17) is 5.73 Å². The number of likely N-dealkylation sites (N-methyl/N-ethyl adjacent to an activating group) is 1. The van der Waals surface area contributed by atoms with Gasteiger partial charge in [-0.3, -0.25) is 4.90 Å². The summed E-state index contributed by atoms with van der Waals surface area (Å²) in [6.45, 7) is 7.35. The van der Waals surface area contributed by atoms with Crippen molar-refractivity contribution >= 4 is 12.4 Å². The quantitative estimate of drug-likeness (QED) is 0.880. The fourth-order valence-corrected chi connectivity index (χ4v) is 1.91. The highest BCUT2D eigenvalue weighted by atomic mass is 35.5. The van der Waals surface area contributed by atoms with Gasteiger partial charge in [-0.1, -0.05) is 24.3 Å². The Bertz CT molecular complexity index is 313. The number of hydrogen-bond acceptors (Lipinski definition) is 2. The molecule has 92 valence electrons. The van der Waals surface area contributed by atoms with Crippen molar-refractivity contribution in [2.24, 2.45) is 5.73 Å². The van der Waals surface area contributed by atoms with Crippen molar-refractivity contribution in [1.82, 2.24) is 4.90 Å². The minimum atomic E-state index is 0. The summed E-state index contributed by atoms with van der Waals surface area (Å²) in [7, 11) is 2.13. The molecule has 0 saturated heterocycles. The Hall–Kier alpha value is -0.570. The van der Waals surface area contributed by atoms with Crippen LogP contribution in [0.1, 0.15) is 31.0 Å². The van der Waals surface area contributed by atoms with Crippen LogP contribution in [0.3, 0.4) is 0 Å². The number of benzene rings is 1. The molecule has 3 heteroatoms. The zero-order chi connectivity index (χ0) is 11.4. The summed E-state index contributed by atoms with van der Waals surface area (Å²) >= 11 is 0. The van der Waals surface area contributed by atoms with Gasteiger partial charge in [-0.15, -0.1) is 12.4 Å². The smallest absolute Gasteiger partial charge is 0.0320 e. The Kier molecular flexibility index (Phi) is 6.65. The lowest BCUT2D eigenvalue weighted by molar-refractivity contribution is 0.249. The third-order valence-electron chi connectivity index (χ3n) is 2.88. The molecule has 0 aliphatic heterocycles. The molecule has 1 aromatic carbocycles. The Morgan fingerprint density at radius 2 is 1.81 bits per heavy atom. The van der Waals surface area contributed by atoms with Gasteiger partial charge in [-0.05, 0) is 38.9 Å². The monoisotopic (exact) mass is 242 g/mol. The molecule has 0 amide bonds. The molecular formula is C13H23ClN2. The minimum absolute atomic E-state index is 0. The fraction of sp³-hybridized carbons (Fsp3) is 0.538. The molecule has 2 atom stereocenters. The predicted octanol–water partition coefficient (Wildman–Crippen LogP) is 2.76. The van der Waals surface area contributed by atoms with E-state index in [1.165, 1.54) is 11.1 Å². The van der Waals surface area contributed by atoms with Crippen molar-refractivity contribution in [3.05, 3.63) is 35.4 Å². The van der Waals surface area contributed by atoms with E-state index < -0.39 is 0 Å². The highest BCUT2D eigenvalue weighted by Gasteiger charge is 2.13. The van der Waals surface area contributed by atoms with E-state index in [2.05, 4.69) is 50.1 Å². The fourth-order valence-electron chi connectivity index (χ4n) is 1.91.